The molecular formula is C32H36Cl3N3O4S. The highest BCUT2D eigenvalue weighted by molar-refractivity contribution is 7.92. The van der Waals surface area contributed by atoms with Crippen LogP contribution in [0, 0.1) is 13.8 Å². The molecule has 7 nitrogen and oxygen atoms in total. The van der Waals surface area contributed by atoms with Gasteiger partial charge in [0.1, 0.15) is 12.6 Å². The lowest BCUT2D eigenvalue weighted by molar-refractivity contribution is -0.140. The Balaban J connectivity index is 1.76. The first-order valence-electron chi connectivity index (χ1n) is 14.3. The summed E-state index contributed by atoms with van der Waals surface area (Å²) in [7, 11) is -4.21. The SMILES string of the molecule is CC[C@H](C(=O)NC1CCCC1)N(Cc1ccc(Cl)c(Cl)c1)C(=O)CN(c1cccc(Cl)c1C)S(=O)(=O)c1ccc(C)cc1. The number of anilines is 1. The number of aryl methyl sites for hydroxylation is 1. The van der Waals surface area contributed by atoms with Crippen LogP contribution in [-0.2, 0) is 26.2 Å². The van der Waals surface area contributed by atoms with E-state index in [2.05, 4.69) is 5.32 Å². The van der Waals surface area contributed by atoms with Crippen molar-refractivity contribution in [2.24, 2.45) is 0 Å². The molecule has 0 aromatic heterocycles. The maximum atomic E-state index is 14.3. The molecule has 0 spiro atoms. The summed E-state index contributed by atoms with van der Waals surface area (Å²) in [6.07, 6.45) is 4.18. The maximum absolute atomic E-state index is 14.3. The molecule has 4 rings (SSSR count). The zero-order valence-corrected chi connectivity index (χ0v) is 27.5. The number of carbonyl (C=O) groups is 2. The Labute approximate surface area is 269 Å². The van der Waals surface area contributed by atoms with Crippen molar-refractivity contribution < 1.29 is 18.0 Å². The second-order valence-electron chi connectivity index (χ2n) is 10.9. The number of halogens is 3. The van der Waals surface area contributed by atoms with Gasteiger partial charge in [0, 0.05) is 17.6 Å². The molecule has 1 fully saturated rings. The number of amides is 2. The highest BCUT2D eigenvalue weighted by Crippen LogP contribution is 2.32. The number of hydrogen-bond acceptors (Lipinski definition) is 4. The molecule has 0 saturated heterocycles. The van der Waals surface area contributed by atoms with E-state index in [1.165, 1.54) is 17.0 Å². The van der Waals surface area contributed by atoms with Crippen LogP contribution in [0.15, 0.2) is 65.6 Å². The molecule has 2 amide bonds. The van der Waals surface area contributed by atoms with Crippen LogP contribution in [0.4, 0.5) is 5.69 Å². The van der Waals surface area contributed by atoms with Crippen LogP contribution in [0.2, 0.25) is 15.1 Å². The molecule has 1 aliphatic rings. The van der Waals surface area contributed by atoms with E-state index in [1.807, 2.05) is 13.8 Å². The smallest absolute Gasteiger partial charge is 0.264 e. The van der Waals surface area contributed by atoms with Crippen molar-refractivity contribution in [1.82, 2.24) is 10.2 Å². The standard InChI is InChI=1S/C32H36Cl3N3O4S/c1-4-29(32(40)36-24-8-5-6-9-24)37(19-23-14-17-27(34)28(35)18-23)31(39)20-38(30-11-7-10-26(33)22(30)3)43(41,42)25-15-12-21(2)13-16-25/h7,10-18,24,29H,4-6,8-9,19-20H2,1-3H3,(H,36,40)/t29-/m1/s1. The van der Waals surface area contributed by atoms with E-state index in [4.69, 9.17) is 34.8 Å². The van der Waals surface area contributed by atoms with E-state index in [0.717, 1.165) is 35.6 Å². The highest BCUT2D eigenvalue weighted by atomic mass is 35.5. The number of carbonyl (C=O) groups excluding carboxylic acids is 2. The minimum atomic E-state index is -4.21. The zero-order valence-electron chi connectivity index (χ0n) is 24.4. The number of nitrogens with zero attached hydrogens (tertiary/aromatic N) is 2. The van der Waals surface area contributed by atoms with Crippen molar-refractivity contribution in [2.45, 2.75) is 76.4 Å². The fourth-order valence-corrected chi connectivity index (χ4v) is 7.30. The van der Waals surface area contributed by atoms with E-state index in [0.29, 0.717) is 32.6 Å². The van der Waals surface area contributed by atoms with Crippen molar-refractivity contribution in [3.8, 4) is 0 Å². The Morgan fingerprint density at radius 1 is 0.930 bits per heavy atom. The summed E-state index contributed by atoms with van der Waals surface area (Å²) in [6.45, 7) is 4.87. The summed E-state index contributed by atoms with van der Waals surface area (Å²) in [5.41, 5.74) is 2.34. The van der Waals surface area contributed by atoms with Crippen LogP contribution in [0.3, 0.4) is 0 Å². The molecule has 43 heavy (non-hydrogen) atoms. The van der Waals surface area contributed by atoms with E-state index >= 15 is 0 Å². The van der Waals surface area contributed by atoms with Crippen LogP contribution in [0.1, 0.15) is 55.7 Å². The number of benzene rings is 3. The molecular weight excluding hydrogens is 629 g/mol. The van der Waals surface area contributed by atoms with Gasteiger partial charge in [-0.3, -0.25) is 13.9 Å². The van der Waals surface area contributed by atoms with Crippen molar-refractivity contribution in [2.75, 3.05) is 10.8 Å². The molecule has 0 unspecified atom stereocenters. The molecule has 3 aromatic carbocycles. The summed E-state index contributed by atoms with van der Waals surface area (Å²) < 4.78 is 29.3. The molecule has 0 aliphatic heterocycles. The minimum Gasteiger partial charge on any atom is -0.352 e. The molecule has 0 bridgehead atoms. The van der Waals surface area contributed by atoms with Crippen molar-refractivity contribution in [1.29, 1.82) is 0 Å². The fraction of sp³-hybridized carbons (Fsp3) is 0.375. The van der Waals surface area contributed by atoms with Crippen molar-refractivity contribution in [3.05, 3.63) is 92.4 Å². The largest absolute Gasteiger partial charge is 0.352 e. The van der Waals surface area contributed by atoms with Gasteiger partial charge in [-0.05, 0) is 80.6 Å². The van der Waals surface area contributed by atoms with Crippen LogP contribution in [0.5, 0.6) is 0 Å². The first-order valence-corrected chi connectivity index (χ1v) is 16.9. The average molecular weight is 665 g/mol. The van der Waals surface area contributed by atoms with Gasteiger partial charge in [0.2, 0.25) is 11.8 Å². The Hall–Kier alpha value is -2.78. The Morgan fingerprint density at radius 2 is 1.60 bits per heavy atom. The van der Waals surface area contributed by atoms with Gasteiger partial charge >= 0.3 is 0 Å². The second-order valence-corrected chi connectivity index (χ2v) is 14.0. The van der Waals surface area contributed by atoms with E-state index in [1.54, 1.807) is 55.5 Å². The third kappa shape index (κ3) is 7.85. The van der Waals surface area contributed by atoms with Gasteiger partial charge in [0.05, 0.1) is 20.6 Å². The lowest BCUT2D eigenvalue weighted by atomic mass is 10.1. The van der Waals surface area contributed by atoms with E-state index in [9.17, 15) is 18.0 Å². The topological polar surface area (TPSA) is 86.8 Å². The predicted octanol–water partition coefficient (Wildman–Crippen LogP) is 7.33. The predicted molar refractivity (Wildman–Crippen MR) is 173 cm³/mol. The third-order valence-electron chi connectivity index (χ3n) is 7.82. The monoisotopic (exact) mass is 663 g/mol. The first kappa shape index (κ1) is 33.1. The third-order valence-corrected chi connectivity index (χ3v) is 10.7. The van der Waals surface area contributed by atoms with Crippen LogP contribution in [0.25, 0.3) is 0 Å². The number of rotatable bonds is 11. The molecule has 11 heteroatoms. The summed E-state index contributed by atoms with van der Waals surface area (Å²) in [6, 6.07) is 15.6. The van der Waals surface area contributed by atoms with Gasteiger partial charge in [-0.25, -0.2) is 8.42 Å². The average Bonchev–Trinajstić information content (AvgIpc) is 3.48. The van der Waals surface area contributed by atoms with Crippen LogP contribution in [-0.4, -0.2) is 43.8 Å². The summed E-state index contributed by atoms with van der Waals surface area (Å²) >= 11 is 18.8. The zero-order chi connectivity index (χ0) is 31.3. The van der Waals surface area contributed by atoms with Gasteiger partial charge in [-0.2, -0.15) is 0 Å². The highest BCUT2D eigenvalue weighted by Gasteiger charge is 2.35. The van der Waals surface area contributed by atoms with E-state index < -0.39 is 28.5 Å². The molecule has 1 atom stereocenters. The van der Waals surface area contributed by atoms with Gasteiger partial charge in [-0.1, -0.05) is 84.4 Å². The number of sulfonamides is 1. The number of hydrogen-bond donors (Lipinski definition) is 1. The molecule has 3 aromatic rings. The van der Waals surface area contributed by atoms with Gasteiger partial charge < -0.3 is 10.2 Å². The molecule has 0 radical (unpaired) electrons. The lowest BCUT2D eigenvalue weighted by Gasteiger charge is -2.34. The summed E-state index contributed by atoms with van der Waals surface area (Å²) in [4.78, 5) is 29.4. The van der Waals surface area contributed by atoms with Gasteiger partial charge in [-0.15, -0.1) is 0 Å². The van der Waals surface area contributed by atoms with Crippen molar-refractivity contribution in [3.63, 3.8) is 0 Å². The number of nitrogens with one attached hydrogen (secondary N) is 1. The van der Waals surface area contributed by atoms with E-state index in [-0.39, 0.29) is 29.1 Å². The van der Waals surface area contributed by atoms with Gasteiger partial charge in [0.15, 0.2) is 0 Å². The Morgan fingerprint density at radius 3 is 2.23 bits per heavy atom. The first-order chi connectivity index (χ1) is 20.4. The molecule has 1 saturated carbocycles. The van der Waals surface area contributed by atoms with Crippen LogP contribution >= 0.6 is 34.8 Å². The maximum Gasteiger partial charge on any atom is 0.264 e. The normalized spacial score (nSPS) is 14.4. The Kier molecular flexibility index (Phi) is 11.0. The summed E-state index contributed by atoms with van der Waals surface area (Å²) in [5, 5.41) is 4.15. The quantitative estimate of drug-likeness (QED) is 0.233. The lowest BCUT2D eigenvalue weighted by Crippen LogP contribution is -2.53. The Bertz CT molecular complexity index is 1580. The molecule has 1 N–H and O–H groups in total. The van der Waals surface area contributed by atoms with Crippen LogP contribution < -0.4 is 9.62 Å². The molecule has 1 aliphatic carbocycles. The molecule has 230 valence electrons. The van der Waals surface area contributed by atoms with Gasteiger partial charge in [0.25, 0.3) is 10.0 Å². The minimum absolute atomic E-state index is 0.0270. The second kappa shape index (κ2) is 14.3. The molecule has 0 heterocycles. The fourth-order valence-electron chi connectivity index (χ4n) is 5.34. The summed E-state index contributed by atoms with van der Waals surface area (Å²) in [5.74, 6) is -0.816. The van der Waals surface area contributed by atoms with Crippen molar-refractivity contribution >= 4 is 62.3 Å².